The zero-order chi connectivity index (χ0) is 17.4. The van der Waals surface area contributed by atoms with Gasteiger partial charge in [-0.2, -0.15) is 0 Å². The third-order valence-electron chi connectivity index (χ3n) is 4.11. The average Bonchev–Trinajstić information content (AvgIpc) is 2.96. The Kier molecular flexibility index (Phi) is 9.85. The van der Waals surface area contributed by atoms with Crippen molar-refractivity contribution in [1.29, 1.82) is 0 Å². The fourth-order valence-electron chi connectivity index (χ4n) is 2.75. The van der Waals surface area contributed by atoms with Crippen LogP contribution in [0.4, 0.5) is 0 Å². The molecule has 0 spiro atoms. The summed E-state index contributed by atoms with van der Waals surface area (Å²) < 4.78 is 2.05. The number of fused-ring (bicyclic) bond motifs is 1. The summed E-state index contributed by atoms with van der Waals surface area (Å²) in [5.41, 5.74) is 2.09. The number of pyridine rings is 1. The molecule has 2 aromatic rings. The molecule has 0 aromatic carbocycles. The van der Waals surface area contributed by atoms with E-state index in [1.807, 2.05) is 31.4 Å². The Hall–Kier alpha value is -1.31. The lowest BCUT2D eigenvalue weighted by Gasteiger charge is -2.18. The Morgan fingerprint density at radius 1 is 1.24 bits per heavy atom. The molecule has 0 amide bonds. The van der Waals surface area contributed by atoms with Crippen LogP contribution in [0.15, 0.2) is 35.6 Å². The lowest BCUT2D eigenvalue weighted by Crippen LogP contribution is -2.42. The van der Waals surface area contributed by atoms with E-state index in [-0.39, 0.29) is 24.0 Å². The molecule has 2 rings (SSSR count). The summed E-state index contributed by atoms with van der Waals surface area (Å²) in [5, 5.41) is 6.85. The van der Waals surface area contributed by atoms with Gasteiger partial charge in [0.2, 0.25) is 0 Å². The van der Waals surface area contributed by atoms with Gasteiger partial charge in [0, 0.05) is 38.4 Å². The summed E-state index contributed by atoms with van der Waals surface area (Å²) in [4.78, 5) is 8.93. The number of rotatable bonds is 8. The molecule has 2 aromatic heterocycles. The summed E-state index contributed by atoms with van der Waals surface area (Å²) in [6.45, 7) is 7.59. The minimum Gasteiger partial charge on any atom is -0.356 e. The van der Waals surface area contributed by atoms with E-state index in [9.17, 15) is 0 Å². The van der Waals surface area contributed by atoms with E-state index < -0.39 is 0 Å². The molecule has 0 aliphatic carbocycles. The topological polar surface area (TPSA) is 53.7 Å². The Balaban J connectivity index is 0.00000312. The molecule has 0 aliphatic rings. The van der Waals surface area contributed by atoms with E-state index >= 15 is 0 Å². The molecule has 140 valence electrons. The molecule has 0 fully saturated rings. The lowest BCUT2D eigenvalue weighted by molar-refractivity contribution is 0.491. The van der Waals surface area contributed by atoms with Crippen molar-refractivity contribution in [3.05, 3.63) is 36.3 Å². The number of aliphatic imine (C=N–C) groups is 1. The maximum Gasteiger partial charge on any atom is 0.191 e. The van der Waals surface area contributed by atoms with Gasteiger partial charge in [-0.3, -0.25) is 4.99 Å². The first kappa shape index (κ1) is 21.7. The SMILES string of the molecule is CN=C(NCCc1cn2ccccc2n1)NC(C)CCCC(C)C.I. The Morgan fingerprint density at radius 3 is 2.72 bits per heavy atom. The minimum absolute atomic E-state index is 0. The van der Waals surface area contributed by atoms with Gasteiger partial charge in [-0.25, -0.2) is 4.98 Å². The first-order valence-electron chi connectivity index (χ1n) is 8.98. The minimum atomic E-state index is 0. The quantitative estimate of drug-likeness (QED) is 0.360. The molecule has 0 saturated carbocycles. The lowest BCUT2D eigenvalue weighted by atomic mass is 10.0. The van der Waals surface area contributed by atoms with Crippen molar-refractivity contribution in [3.63, 3.8) is 0 Å². The Morgan fingerprint density at radius 2 is 2.04 bits per heavy atom. The van der Waals surface area contributed by atoms with Gasteiger partial charge in [0.15, 0.2) is 5.96 Å². The number of hydrogen-bond donors (Lipinski definition) is 2. The van der Waals surface area contributed by atoms with Crippen LogP contribution in [0.2, 0.25) is 0 Å². The summed E-state index contributed by atoms with van der Waals surface area (Å²) >= 11 is 0. The van der Waals surface area contributed by atoms with E-state index in [1.165, 1.54) is 19.3 Å². The smallest absolute Gasteiger partial charge is 0.191 e. The van der Waals surface area contributed by atoms with Crippen molar-refractivity contribution in [2.24, 2.45) is 10.9 Å². The number of halogens is 1. The van der Waals surface area contributed by atoms with Crippen LogP contribution >= 0.6 is 24.0 Å². The highest BCUT2D eigenvalue weighted by atomic mass is 127. The zero-order valence-electron chi connectivity index (χ0n) is 15.8. The van der Waals surface area contributed by atoms with Gasteiger partial charge < -0.3 is 15.0 Å². The van der Waals surface area contributed by atoms with Crippen molar-refractivity contribution in [2.75, 3.05) is 13.6 Å². The summed E-state index contributed by atoms with van der Waals surface area (Å²) in [5.74, 6) is 1.65. The highest BCUT2D eigenvalue weighted by Crippen LogP contribution is 2.08. The molecule has 6 heteroatoms. The summed E-state index contributed by atoms with van der Waals surface area (Å²) in [7, 11) is 1.82. The van der Waals surface area contributed by atoms with Crippen molar-refractivity contribution in [3.8, 4) is 0 Å². The third kappa shape index (κ3) is 7.63. The molecule has 25 heavy (non-hydrogen) atoms. The van der Waals surface area contributed by atoms with Gasteiger partial charge in [-0.15, -0.1) is 24.0 Å². The highest BCUT2D eigenvalue weighted by Gasteiger charge is 2.06. The Bertz CT molecular complexity index is 617. The molecule has 1 atom stereocenters. The number of aromatic nitrogens is 2. The molecule has 0 aliphatic heterocycles. The van der Waals surface area contributed by atoms with Crippen molar-refractivity contribution in [1.82, 2.24) is 20.0 Å². The van der Waals surface area contributed by atoms with Gasteiger partial charge in [0.05, 0.1) is 5.69 Å². The standard InChI is InChI=1S/C19H31N5.HI/c1-15(2)8-7-9-16(3)22-19(20-4)21-12-11-17-14-24-13-6-5-10-18(24)23-17;/h5-6,10,13-16H,7-9,11-12H2,1-4H3,(H2,20,21,22);1H. The van der Waals surface area contributed by atoms with E-state index in [0.29, 0.717) is 6.04 Å². The first-order chi connectivity index (χ1) is 11.6. The van der Waals surface area contributed by atoms with Crippen LogP contribution in [-0.2, 0) is 6.42 Å². The van der Waals surface area contributed by atoms with E-state index in [0.717, 1.165) is 36.2 Å². The average molecular weight is 457 g/mol. The van der Waals surface area contributed by atoms with Crippen LogP contribution in [0.1, 0.15) is 45.7 Å². The second-order valence-electron chi connectivity index (χ2n) is 6.82. The molecule has 0 radical (unpaired) electrons. The molecule has 0 saturated heterocycles. The van der Waals surface area contributed by atoms with Crippen LogP contribution in [0.25, 0.3) is 5.65 Å². The molecule has 1 unspecified atom stereocenters. The second-order valence-corrected chi connectivity index (χ2v) is 6.82. The maximum atomic E-state index is 4.62. The van der Waals surface area contributed by atoms with Crippen molar-refractivity contribution in [2.45, 2.75) is 52.5 Å². The van der Waals surface area contributed by atoms with E-state index in [2.05, 4.69) is 52.0 Å². The molecular weight excluding hydrogens is 425 g/mol. The number of nitrogens with one attached hydrogen (secondary N) is 2. The van der Waals surface area contributed by atoms with Crippen LogP contribution in [-0.4, -0.2) is 35.0 Å². The highest BCUT2D eigenvalue weighted by molar-refractivity contribution is 14.0. The Labute approximate surface area is 168 Å². The summed E-state index contributed by atoms with van der Waals surface area (Å²) in [6, 6.07) is 6.49. The van der Waals surface area contributed by atoms with Crippen LogP contribution < -0.4 is 10.6 Å². The molecular formula is C19H32IN5. The van der Waals surface area contributed by atoms with Gasteiger partial charge in [-0.1, -0.05) is 32.8 Å². The fraction of sp³-hybridized carbons (Fsp3) is 0.579. The number of hydrogen-bond acceptors (Lipinski definition) is 2. The van der Waals surface area contributed by atoms with Crippen LogP contribution in [0, 0.1) is 5.92 Å². The normalized spacial score (nSPS) is 12.9. The number of guanidine groups is 1. The fourth-order valence-corrected chi connectivity index (χ4v) is 2.75. The largest absolute Gasteiger partial charge is 0.356 e. The first-order valence-corrected chi connectivity index (χ1v) is 8.98. The zero-order valence-corrected chi connectivity index (χ0v) is 18.2. The van der Waals surface area contributed by atoms with Gasteiger partial charge in [-0.05, 0) is 31.4 Å². The third-order valence-corrected chi connectivity index (χ3v) is 4.11. The summed E-state index contributed by atoms with van der Waals surface area (Å²) in [6.07, 6.45) is 8.70. The van der Waals surface area contributed by atoms with Crippen molar-refractivity contribution < 1.29 is 0 Å². The molecule has 0 bridgehead atoms. The molecule has 2 N–H and O–H groups in total. The number of imidazole rings is 1. The molecule has 2 heterocycles. The van der Waals surface area contributed by atoms with E-state index in [1.54, 1.807) is 0 Å². The monoisotopic (exact) mass is 457 g/mol. The van der Waals surface area contributed by atoms with Crippen LogP contribution in [0.3, 0.4) is 0 Å². The van der Waals surface area contributed by atoms with Crippen molar-refractivity contribution >= 4 is 35.6 Å². The maximum absolute atomic E-state index is 4.62. The van der Waals surface area contributed by atoms with Gasteiger partial charge in [0.1, 0.15) is 5.65 Å². The van der Waals surface area contributed by atoms with Gasteiger partial charge >= 0.3 is 0 Å². The predicted molar refractivity (Wildman–Crippen MR) is 117 cm³/mol. The predicted octanol–water partition coefficient (Wildman–Crippen LogP) is 3.87. The second kappa shape index (κ2) is 11.3. The van der Waals surface area contributed by atoms with Gasteiger partial charge in [0.25, 0.3) is 0 Å². The van der Waals surface area contributed by atoms with Crippen LogP contribution in [0.5, 0.6) is 0 Å². The van der Waals surface area contributed by atoms with E-state index in [4.69, 9.17) is 0 Å². The number of nitrogens with zero attached hydrogens (tertiary/aromatic N) is 3. The molecule has 5 nitrogen and oxygen atoms in total.